The molecule has 24 heavy (non-hydrogen) atoms. The van der Waals surface area contributed by atoms with Gasteiger partial charge in [-0.1, -0.05) is 12.1 Å². The number of hydrogen-bond donors (Lipinski definition) is 0. The Kier molecular flexibility index (Phi) is 7.08. The van der Waals surface area contributed by atoms with E-state index in [0.717, 1.165) is 24.0 Å². The van der Waals surface area contributed by atoms with Crippen LogP contribution in [0.15, 0.2) is 42.7 Å². The Balaban J connectivity index is 1.69. The van der Waals surface area contributed by atoms with Crippen LogP contribution < -0.4 is 9.47 Å². The number of esters is 1. The first-order chi connectivity index (χ1) is 11.7. The van der Waals surface area contributed by atoms with Crippen molar-refractivity contribution in [1.82, 2.24) is 4.98 Å². The van der Waals surface area contributed by atoms with Gasteiger partial charge in [-0.25, -0.2) is 0 Å². The molecule has 1 heterocycles. The Morgan fingerprint density at radius 1 is 1.04 bits per heavy atom. The fourth-order valence-electron chi connectivity index (χ4n) is 2.36. The Morgan fingerprint density at radius 3 is 2.58 bits per heavy atom. The molecule has 0 bridgehead atoms. The fourth-order valence-corrected chi connectivity index (χ4v) is 2.36. The van der Waals surface area contributed by atoms with E-state index in [1.807, 2.05) is 36.5 Å². The molecule has 0 spiro atoms. The molecule has 1 aromatic carbocycles. The van der Waals surface area contributed by atoms with E-state index in [0.29, 0.717) is 30.9 Å². The molecule has 0 saturated carbocycles. The van der Waals surface area contributed by atoms with Gasteiger partial charge in [-0.05, 0) is 48.6 Å². The molecule has 0 unspecified atom stereocenters. The molecule has 0 amide bonds. The number of aryl methyl sites for hydroxylation is 2. The van der Waals surface area contributed by atoms with Crippen LogP contribution in [0, 0.1) is 0 Å². The third kappa shape index (κ3) is 5.57. The zero-order chi connectivity index (χ0) is 17.2. The first-order valence-corrected chi connectivity index (χ1v) is 7.98. The maximum Gasteiger partial charge on any atom is 0.306 e. The van der Waals surface area contributed by atoms with Gasteiger partial charge < -0.3 is 14.2 Å². The Hall–Kier alpha value is -2.56. The molecule has 0 fully saturated rings. The average Bonchev–Trinajstić information content (AvgIpc) is 2.64. The molecule has 5 nitrogen and oxygen atoms in total. The summed E-state index contributed by atoms with van der Waals surface area (Å²) in [5.41, 5.74) is 2.17. The maximum atomic E-state index is 11.8. The van der Waals surface area contributed by atoms with Crippen molar-refractivity contribution in [2.45, 2.75) is 25.7 Å². The minimum atomic E-state index is -0.184. The van der Waals surface area contributed by atoms with Crippen molar-refractivity contribution < 1.29 is 19.0 Å². The molecule has 2 aromatic rings. The van der Waals surface area contributed by atoms with E-state index in [1.54, 1.807) is 20.4 Å². The average molecular weight is 329 g/mol. The zero-order valence-electron chi connectivity index (χ0n) is 14.2. The van der Waals surface area contributed by atoms with Gasteiger partial charge in [-0.2, -0.15) is 0 Å². The number of carbonyl (C=O) groups is 1. The monoisotopic (exact) mass is 329 g/mol. The van der Waals surface area contributed by atoms with Crippen molar-refractivity contribution in [3.63, 3.8) is 0 Å². The molecule has 2 rings (SSSR count). The molecule has 1 aromatic heterocycles. The number of ether oxygens (including phenoxy) is 3. The van der Waals surface area contributed by atoms with E-state index in [2.05, 4.69) is 4.98 Å². The van der Waals surface area contributed by atoms with Crippen LogP contribution in [0.2, 0.25) is 0 Å². The van der Waals surface area contributed by atoms with Gasteiger partial charge in [0.25, 0.3) is 0 Å². The third-order valence-corrected chi connectivity index (χ3v) is 3.66. The highest BCUT2D eigenvalue weighted by atomic mass is 16.5. The lowest BCUT2D eigenvalue weighted by Gasteiger charge is -2.09. The summed E-state index contributed by atoms with van der Waals surface area (Å²) < 4.78 is 15.7. The number of carbonyl (C=O) groups excluding carboxylic acids is 1. The van der Waals surface area contributed by atoms with Gasteiger partial charge in [-0.3, -0.25) is 9.78 Å². The number of hydrogen-bond acceptors (Lipinski definition) is 5. The van der Waals surface area contributed by atoms with Gasteiger partial charge in [0, 0.05) is 18.8 Å². The predicted octanol–water partition coefficient (Wildman–Crippen LogP) is 3.21. The van der Waals surface area contributed by atoms with E-state index >= 15 is 0 Å². The summed E-state index contributed by atoms with van der Waals surface area (Å²) in [5, 5.41) is 0. The summed E-state index contributed by atoms with van der Waals surface area (Å²) in [4.78, 5) is 15.9. The van der Waals surface area contributed by atoms with E-state index in [4.69, 9.17) is 14.2 Å². The summed E-state index contributed by atoms with van der Waals surface area (Å²) in [6.07, 6.45) is 6.20. The number of rotatable bonds is 9. The molecule has 0 aliphatic rings. The molecular weight excluding hydrogens is 306 g/mol. The Morgan fingerprint density at radius 2 is 1.88 bits per heavy atom. The van der Waals surface area contributed by atoms with Crippen LogP contribution >= 0.6 is 0 Å². The second-order valence-electron chi connectivity index (χ2n) is 5.37. The van der Waals surface area contributed by atoms with Gasteiger partial charge >= 0.3 is 5.97 Å². The molecule has 0 aliphatic heterocycles. The van der Waals surface area contributed by atoms with Crippen molar-refractivity contribution in [2.75, 3.05) is 20.8 Å². The summed E-state index contributed by atoms with van der Waals surface area (Å²) in [6.45, 7) is 0.430. The second-order valence-corrected chi connectivity index (χ2v) is 5.37. The molecule has 128 valence electrons. The van der Waals surface area contributed by atoms with Gasteiger partial charge in [0.15, 0.2) is 11.5 Å². The quantitative estimate of drug-likeness (QED) is 0.522. The highest BCUT2D eigenvalue weighted by Gasteiger charge is 2.07. The van der Waals surface area contributed by atoms with E-state index in [9.17, 15) is 4.79 Å². The van der Waals surface area contributed by atoms with E-state index < -0.39 is 0 Å². The van der Waals surface area contributed by atoms with Gasteiger partial charge in [0.05, 0.1) is 20.8 Å². The topological polar surface area (TPSA) is 57.7 Å². The molecular formula is C19H23NO4. The smallest absolute Gasteiger partial charge is 0.306 e. The van der Waals surface area contributed by atoms with Gasteiger partial charge in [-0.15, -0.1) is 0 Å². The third-order valence-electron chi connectivity index (χ3n) is 3.66. The Labute approximate surface area is 142 Å². The van der Waals surface area contributed by atoms with Crippen LogP contribution in [-0.2, 0) is 22.4 Å². The first kappa shape index (κ1) is 17.8. The number of benzene rings is 1. The van der Waals surface area contributed by atoms with E-state index in [-0.39, 0.29) is 5.97 Å². The first-order valence-electron chi connectivity index (χ1n) is 7.98. The highest BCUT2D eigenvalue weighted by Crippen LogP contribution is 2.27. The standard InChI is InChI=1S/C19H23NO4/c1-22-17-9-7-15(13-18(17)23-2)8-10-19(21)24-12-4-6-16-5-3-11-20-14-16/h3,5,7,9,11,13-14H,4,6,8,10,12H2,1-2H3. The number of aromatic nitrogens is 1. The highest BCUT2D eigenvalue weighted by molar-refractivity contribution is 5.69. The van der Waals surface area contributed by atoms with Crippen LogP contribution in [0.25, 0.3) is 0 Å². The van der Waals surface area contributed by atoms with Gasteiger partial charge in [0.1, 0.15) is 0 Å². The van der Waals surface area contributed by atoms with Crippen LogP contribution in [0.4, 0.5) is 0 Å². The van der Waals surface area contributed by atoms with Crippen LogP contribution in [0.5, 0.6) is 11.5 Å². The molecule has 0 N–H and O–H groups in total. The van der Waals surface area contributed by atoms with Crippen LogP contribution in [0.1, 0.15) is 24.0 Å². The molecule has 0 aliphatic carbocycles. The van der Waals surface area contributed by atoms with Crippen molar-refractivity contribution >= 4 is 5.97 Å². The Bertz CT molecular complexity index is 643. The molecule has 0 atom stereocenters. The zero-order valence-corrected chi connectivity index (χ0v) is 14.2. The molecule has 0 radical (unpaired) electrons. The molecule has 5 heteroatoms. The van der Waals surface area contributed by atoms with Crippen molar-refractivity contribution in [1.29, 1.82) is 0 Å². The fraction of sp³-hybridized carbons (Fsp3) is 0.368. The van der Waals surface area contributed by atoms with Crippen molar-refractivity contribution in [3.8, 4) is 11.5 Å². The van der Waals surface area contributed by atoms with Crippen molar-refractivity contribution in [3.05, 3.63) is 53.9 Å². The summed E-state index contributed by atoms with van der Waals surface area (Å²) >= 11 is 0. The summed E-state index contributed by atoms with van der Waals surface area (Å²) in [7, 11) is 3.19. The summed E-state index contributed by atoms with van der Waals surface area (Å²) in [5.74, 6) is 1.16. The summed E-state index contributed by atoms with van der Waals surface area (Å²) in [6, 6.07) is 9.58. The minimum absolute atomic E-state index is 0.184. The number of nitrogens with zero attached hydrogens (tertiary/aromatic N) is 1. The predicted molar refractivity (Wildman–Crippen MR) is 91.4 cm³/mol. The lowest BCUT2D eigenvalue weighted by atomic mass is 10.1. The minimum Gasteiger partial charge on any atom is -0.493 e. The van der Waals surface area contributed by atoms with Crippen LogP contribution in [-0.4, -0.2) is 31.8 Å². The SMILES string of the molecule is COc1ccc(CCC(=O)OCCCc2cccnc2)cc1OC. The van der Waals surface area contributed by atoms with E-state index in [1.165, 1.54) is 0 Å². The number of methoxy groups -OCH3 is 2. The lowest BCUT2D eigenvalue weighted by Crippen LogP contribution is -2.08. The van der Waals surface area contributed by atoms with Crippen molar-refractivity contribution in [2.24, 2.45) is 0 Å². The maximum absolute atomic E-state index is 11.8. The normalized spacial score (nSPS) is 10.2. The largest absolute Gasteiger partial charge is 0.493 e. The molecule has 0 saturated heterocycles. The van der Waals surface area contributed by atoms with Gasteiger partial charge in [0.2, 0.25) is 0 Å². The second kappa shape index (κ2) is 9.55. The van der Waals surface area contributed by atoms with Crippen LogP contribution in [0.3, 0.4) is 0 Å². The lowest BCUT2D eigenvalue weighted by molar-refractivity contribution is -0.143. The number of pyridine rings is 1.